The van der Waals surface area contributed by atoms with Gasteiger partial charge in [0.25, 0.3) is 0 Å². The van der Waals surface area contributed by atoms with Crippen LogP contribution in [0.3, 0.4) is 0 Å². The highest BCUT2D eigenvalue weighted by atomic mass is 32.2. The summed E-state index contributed by atoms with van der Waals surface area (Å²) in [6.45, 7) is 2.18. The van der Waals surface area contributed by atoms with Crippen LogP contribution >= 0.6 is 11.8 Å². The Morgan fingerprint density at radius 3 is 2.70 bits per heavy atom. The first-order valence-corrected chi connectivity index (χ1v) is 9.62. The molecule has 2 saturated heterocycles. The Bertz CT molecular complexity index is 337. The van der Waals surface area contributed by atoms with Crippen molar-refractivity contribution in [3.05, 3.63) is 0 Å². The van der Waals surface area contributed by atoms with E-state index in [-0.39, 0.29) is 6.04 Å². The average molecular weight is 296 g/mol. The normalized spacial score (nSPS) is 36.0. The van der Waals surface area contributed by atoms with E-state index >= 15 is 0 Å². The van der Waals surface area contributed by atoms with Crippen molar-refractivity contribution in [1.82, 2.24) is 10.2 Å². The third-order valence-corrected chi connectivity index (χ3v) is 6.38. The summed E-state index contributed by atoms with van der Waals surface area (Å²) in [4.78, 5) is 15.1. The first-order valence-electron chi connectivity index (χ1n) is 8.47. The molecule has 0 radical (unpaired) electrons. The van der Waals surface area contributed by atoms with E-state index in [9.17, 15) is 4.79 Å². The summed E-state index contributed by atoms with van der Waals surface area (Å²) >= 11 is 2.03. The number of thioether (sulfide) groups is 1. The molecule has 4 heteroatoms. The highest BCUT2D eigenvalue weighted by Gasteiger charge is 2.45. The number of carbonyl (C=O) groups is 1. The second-order valence-electron chi connectivity index (χ2n) is 6.61. The topological polar surface area (TPSA) is 32.3 Å². The van der Waals surface area contributed by atoms with E-state index in [1.807, 2.05) is 11.8 Å². The van der Waals surface area contributed by atoms with Crippen molar-refractivity contribution < 1.29 is 4.79 Å². The van der Waals surface area contributed by atoms with Crippen molar-refractivity contribution in [2.75, 3.05) is 11.5 Å². The van der Waals surface area contributed by atoms with Crippen molar-refractivity contribution in [1.29, 1.82) is 0 Å². The molecule has 3 unspecified atom stereocenters. The summed E-state index contributed by atoms with van der Waals surface area (Å²) in [7, 11) is 0. The first kappa shape index (κ1) is 14.7. The van der Waals surface area contributed by atoms with Crippen molar-refractivity contribution in [3.63, 3.8) is 0 Å². The van der Waals surface area contributed by atoms with Crippen LogP contribution in [0, 0.1) is 5.92 Å². The molecule has 114 valence electrons. The molecule has 0 aromatic carbocycles. The molecule has 0 bridgehead atoms. The molecule has 3 atom stereocenters. The van der Waals surface area contributed by atoms with Gasteiger partial charge in [-0.05, 0) is 43.8 Å². The van der Waals surface area contributed by atoms with Gasteiger partial charge >= 0.3 is 0 Å². The number of nitrogens with zero attached hydrogens (tertiary/aromatic N) is 1. The molecule has 0 aromatic rings. The van der Waals surface area contributed by atoms with Gasteiger partial charge in [0.2, 0.25) is 5.91 Å². The molecule has 3 nitrogen and oxygen atoms in total. The van der Waals surface area contributed by atoms with Crippen LogP contribution in [-0.2, 0) is 4.79 Å². The van der Waals surface area contributed by atoms with Crippen LogP contribution in [0.4, 0.5) is 0 Å². The van der Waals surface area contributed by atoms with Gasteiger partial charge in [0.15, 0.2) is 0 Å². The molecule has 2 heterocycles. The van der Waals surface area contributed by atoms with Gasteiger partial charge in [-0.25, -0.2) is 0 Å². The van der Waals surface area contributed by atoms with Gasteiger partial charge in [-0.1, -0.05) is 26.2 Å². The smallest absolute Gasteiger partial charge is 0.241 e. The molecule has 1 amide bonds. The third-order valence-electron chi connectivity index (χ3n) is 5.18. The summed E-state index contributed by atoms with van der Waals surface area (Å²) in [5, 5.41) is 3.70. The van der Waals surface area contributed by atoms with Gasteiger partial charge in [-0.2, -0.15) is 11.8 Å². The van der Waals surface area contributed by atoms with Crippen LogP contribution < -0.4 is 5.32 Å². The fourth-order valence-electron chi connectivity index (χ4n) is 4.16. The van der Waals surface area contributed by atoms with Crippen LogP contribution in [0.2, 0.25) is 0 Å². The largest absolute Gasteiger partial charge is 0.322 e. The van der Waals surface area contributed by atoms with E-state index < -0.39 is 0 Å². The Labute approximate surface area is 127 Å². The van der Waals surface area contributed by atoms with E-state index in [0.29, 0.717) is 24.0 Å². The predicted octanol–water partition coefficient (Wildman–Crippen LogP) is 3.00. The Kier molecular flexibility index (Phi) is 4.92. The number of rotatable bonds is 4. The lowest BCUT2D eigenvalue weighted by molar-refractivity contribution is -0.132. The zero-order valence-electron chi connectivity index (χ0n) is 12.6. The highest BCUT2D eigenvalue weighted by Crippen LogP contribution is 2.35. The predicted molar refractivity (Wildman–Crippen MR) is 84.8 cm³/mol. The van der Waals surface area contributed by atoms with E-state index in [0.717, 1.165) is 18.6 Å². The molecular weight excluding hydrogens is 268 g/mol. The van der Waals surface area contributed by atoms with Crippen molar-refractivity contribution in [2.45, 2.75) is 76.5 Å². The SMILES string of the molecule is CCCC1NC(C2CCCC2)N(C2CCCSC2)C1=O. The molecule has 3 rings (SSSR count). The maximum atomic E-state index is 12.8. The second kappa shape index (κ2) is 6.69. The van der Waals surface area contributed by atoms with Gasteiger partial charge < -0.3 is 4.90 Å². The molecule has 20 heavy (non-hydrogen) atoms. The molecule has 0 aromatic heterocycles. The fraction of sp³-hybridized carbons (Fsp3) is 0.938. The van der Waals surface area contributed by atoms with Crippen LogP contribution in [0.1, 0.15) is 58.3 Å². The molecule has 2 aliphatic heterocycles. The molecule has 1 N–H and O–H groups in total. The van der Waals surface area contributed by atoms with E-state index in [4.69, 9.17) is 0 Å². The minimum absolute atomic E-state index is 0.0949. The lowest BCUT2D eigenvalue weighted by Crippen LogP contribution is -2.49. The van der Waals surface area contributed by atoms with Gasteiger partial charge in [0.05, 0.1) is 12.2 Å². The van der Waals surface area contributed by atoms with Crippen LogP contribution in [0.5, 0.6) is 0 Å². The maximum absolute atomic E-state index is 12.8. The molecule has 0 spiro atoms. The van der Waals surface area contributed by atoms with Gasteiger partial charge in [-0.15, -0.1) is 0 Å². The maximum Gasteiger partial charge on any atom is 0.241 e. The quantitative estimate of drug-likeness (QED) is 0.865. The van der Waals surface area contributed by atoms with Crippen LogP contribution in [0.15, 0.2) is 0 Å². The third kappa shape index (κ3) is 2.87. The van der Waals surface area contributed by atoms with Gasteiger partial charge in [0.1, 0.15) is 0 Å². The van der Waals surface area contributed by atoms with Crippen molar-refractivity contribution >= 4 is 17.7 Å². The Morgan fingerprint density at radius 1 is 1.25 bits per heavy atom. The monoisotopic (exact) mass is 296 g/mol. The van der Waals surface area contributed by atoms with E-state index in [2.05, 4.69) is 17.1 Å². The standard InChI is InChI=1S/C16H28N2OS/c1-2-6-14-16(19)18(13-9-5-10-20-11-13)15(17-14)12-7-3-4-8-12/h12-15,17H,2-11H2,1H3. The van der Waals surface area contributed by atoms with Crippen LogP contribution in [-0.4, -0.2) is 40.6 Å². The summed E-state index contributed by atoms with van der Waals surface area (Å²) < 4.78 is 0. The molecule has 1 aliphatic carbocycles. The van der Waals surface area contributed by atoms with E-state index in [1.165, 1.54) is 44.3 Å². The van der Waals surface area contributed by atoms with Crippen molar-refractivity contribution in [3.8, 4) is 0 Å². The number of amides is 1. The zero-order chi connectivity index (χ0) is 13.9. The minimum atomic E-state index is 0.0949. The van der Waals surface area contributed by atoms with Crippen LogP contribution in [0.25, 0.3) is 0 Å². The Morgan fingerprint density at radius 2 is 2.05 bits per heavy atom. The summed E-state index contributed by atoms with van der Waals surface area (Å²) in [6, 6.07) is 0.582. The number of nitrogens with one attached hydrogen (secondary N) is 1. The number of hydrogen-bond donors (Lipinski definition) is 1. The molecule has 1 saturated carbocycles. The fourth-order valence-corrected chi connectivity index (χ4v) is 5.29. The summed E-state index contributed by atoms with van der Waals surface area (Å²) in [5.74, 6) is 3.53. The lowest BCUT2D eigenvalue weighted by atomic mass is 10.0. The van der Waals surface area contributed by atoms with Gasteiger partial charge in [0, 0.05) is 11.8 Å². The number of carbonyl (C=O) groups excluding carboxylic acids is 1. The molecule has 3 fully saturated rings. The second-order valence-corrected chi connectivity index (χ2v) is 7.76. The first-order chi connectivity index (χ1) is 9.81. The number of hydrogen-bond acceptors (Lipinski definition) is 3. The Balaban J connectivity index is 1.75. The Hall–Kier alpha value is -0.220. The van der Waals surface area contributed by atoms with Gasteiger partial charge in [-0.3, -0.25) is 10.1 Å². The van der Waals surface area contributed by atoms with Crippen molar-refractivity contribution in [2.24, 2.45) is 5.92 Å². The lowest BCUT2D eigenvalue weighted by Gasteiger charge is -2.37. The summed E-state index contributed by atoms with van der Waals surface area (Å²) in [5.41, 5.74) is 0. The minimum Gasteiger partial charge on any atom is -0.322 e. The molecule has 3 aliphatic rings. The van der Waals surface area contributed by atoms with E-state index in [1.54, 1.807) is 0 Å². The highest BCUT2D eigenvalue weighted by molar-refractivity contribution is 7.99. The molecular formula is C16H28N2OS. The summed E-state index contributed by atoms with van der Waals surface area (Å²) in [6.07, 6.45) is 10.2. The zero-order valence-corrected chi connectivity index (χ0v) is 13.5. The average Bonchev–Trinajstić information content (AvgIpc) is 3.09.